The predicted molar refractivity (Wildman–Crippen MR) is 109 cm³/mol. The molecule has 1 atom stereocenters. The fourth-order valence-electron chi connectivity index (χ4n) is 4.52. The highest BCUT2D eigenvalue weighted by Crippen LogP contribution is 2.45. The van der Waals surface area contributed by atoms with Gasteiger partial charge in [0.2, 0.25) is 5.91 Å². The molecule has 0 saturated carbocycles. The van der Waals surface area contributed by atoms with Gasteiger partial charge in [0.25, 0.3) is 0 Å². The summed E-state index contributed by atoms with van der Waals surface area (Å²) in [6.07, 6.45) is 3.34. The molecule has 0 aliphatic carbocycles. The fourth-order valence-corrected chi connectivity index (χ4v) is 4.52. The van der Waals surface area contributed by atoms with Crippen LogP contribution in [0.25, 0.3) is 0 Å². The van der Waals surface area contributed by atoms with Crippen molar-refractivity contribution in [2.24, 2.45) is 5.92 Å². The lowest BCUT2D eigenvalue weighted by Crippen LogP contribution is -2.53. The molecule has 2 aliphatic rings. The van der Waals surface area contributed by atoms with E-state index in [2.05, 4.69) is 31.3 Å². The number of carbonyl (C=O) groups excluding carboxylic acids is 1. The van der Waals surface area contributed by atoms with Crippen LogP contribution in [0.15, 0.2) is 12.1 Å². The number of amides is 1. The number of benzene rings is 1. The van der Waals surface area contributed by atoms with E-state index in [1.54, 1.807) is 14.2 Å². The minimum Gasteiger partial charge on any atom is -0.493 e. The molecule has 156 valence electrons. The number of hydrogen-bond acceptors (Lipinski definition) is 5. The van der Waals surface area contributed by atoms with Gasteiger partial charge in [0.1, 0.15) is 0 Å². The second kappa shape index (κ2) is 8.70. The Balaban J connectivity index is 1.78. The molecule has 6 nitrogen and oxygen atoms in total. The molecule has 1 fully saturated rings. The molecular formula is C22H34N2O4. The molecule has 3 rings (SSSR count). The van der Waals surface area contributed by atoms with Crippen molar-refractivity contribution < 1.29 is 19.0 Å². The Morgan fingerprint density at radius 1 is 1.21 bits per heavy atom. The van der Waals surface area contributed by atoms with Crippen molar-refractivity contribution in [1.82, 2.24) is 10.2 Å². The second-order valence-electron chi connectivity index (χ2n) is 8.25. The van der Waals surface area contributed by atoms with E-state index in [1.807, 2.05) is 11.9 Å². The van der Waals surface area contributed by atoms with Crippen molar-refractivity contribution in [2.45, 2.75) is 51.2 Å². The van der Waals surface area contributed by atoms with Crippen molar-refractivity contribution >= 4 is 5.91 Å². The summed E-state index contributed by atoms with van der Waals surface area (Å²) in [5.74, 6) is 2.18. The summed E-state index contributed by atoms with van der Waals surface area (Å²) in [6, 6.07) is 4.04. The molecule has 1 aromatic carbocycles. The van der Waals surface area contributed by atoms with Crippen LogP contribution in [0.5, 0.6) is 11.5 Å². The lowest BCUT2D eigenvalue weighted by Gasteiger charge is -2.45. The number of carbonyl (C=O) groups is 1. The van der Waals surface area contributed by atoms with Gasteiger partial charge in [-0.25, -0.2) is 0 Å². The van der Waals surface area contributed by atoms with Gasteiger partial charge in [0, 0.05) is 13.1 Å². The zero-order valence-electron chi connectivity index (χ0n) is 17.8. The largest absolute Gasteiger partial charge is 0.493 e. The molecule has 0 bridgehead atoms. The monoisotopic (exact) mass is 390 g/mol. The average Bonchev–Trinajstić information content (AvgIpc) is 2.71. The zero-order valence-corrected chi connectivity index (χ0v) is 17.8. The summed E-state index contributed by atoms with van der Waals surface area (Å²) < 4.78 is 17.3. The van der Waals surface area contributed by atoms with E-state index in [0.717, 1.165) is 37.2 Å². The van der Waals surface area contributed by atoms with Crippen molar-refractivity contribution in [2.75, 3.05) is 41.0 Å². The average molecular weight is 391 g/mol. The summed E-state index contributed by atoms with van der Waals surface area (Å²) in [5.41, 5.74) is 2.12. The van der Waals surface area contributed by atoms with E-state index in [1.165, 1.54) is 11.1 Å². The summed E-state index contributed by atoms with van der Waals surface area (Å²) in [4.78, 5) is 14.9. The SMILES string of the molecule is CN[C@@H](CC(C)C)C(=O)N1CCC2(CC1)OCCc1cc(OC)c(OC)cc12. The third kappa shape index (κ3) is 3.98. The Labute approximate surface area is 168 Å². The first-order valence-electron chi connectivity index (χ1n) is 10.3. The van der Waals surface area contributed by atoms with Crippen molar-refractivity contribution in [1.29, 1.82) is 0 Å². The highest BCUT2D eigenvalue weighted by atomic mass is 16.5. The van der Waals surface area contributed by atoms with Crippen molar-refractivity contribution in [3.8, 4) is 11.5 Å². The topological polar surface area (TPSA) is 60.0 Å². The molecule has 1 saturated heterocycles. The van der Waals surface area contributed by atoms with E-state index in [9.17, 15) is 4.79 Å². The van der Waals surface area contributed by atoms with Crippen LogP contribution in [0.1, 0.15) is 44.2 Å². The maximum atomic E-state index is 13.0. The number of nitrogens with one attached hydrogen (secondary N) is 1. The third-order valence-corrected chi connectivity index (χ3v) is 6.09. The lowest BCUT2D eigenvalue weighted by atomic mass is 9.79. The maximum absolute atomic E-state index is 13.0. The van der Waals surface area contributed by atoms with Crippen LogP contribution in [0.3, 0.4) is 0 Å². The minimum atomic E-state index is -0.336. The van der Waals surface area contributed by atoms with Gasteiger partial charge < -0.3 is 24.4 Å². The zero-order chi connectivity index (χ0) is 20.3. The first-order valence-corrected chi connectivity index (χ1v) is 10.3. The van der Waals surface area contributed by atoms with Gasteiger partial charge in [0.05, 0.1) is 32.5 Å². The Bertz CT molecular complexity index is 696. The molecule has 2 aliphatic heterocycles. The number of likely N-dealkylation sites (tertiary alicyclic amines) is 1. The maximum Gasteiger partial charge on any atom is 0.239 e. The van der Waals surface area contributed by atoms with Crippen LogP contribution in [-0.4, -0.2) is 57.8 Å². The number of rotatable bonds is 6. The van der Waals surface area contributed by atoms with Crippen LogP contribution < -0.4 is 14.8 Å². The quantitative estimate of drug-likeness (QED) is 0.809. The van der Waals surface area contributed by atoms with Crippen LogP contribution in [-0.2, 0) is 21.6 Å². The van der Waals surface area contributed by atoms with E-state index in [-0.39, 0.29) is 17.6 Å². The molecule has 1 aromatic rings. The number of fused-ring (bicyclic) bond motifs is 2. The second-order valence-corrected chi connectivity index (χ2v) is 8.25. The molecule has 1 amide bonds. The molecule has 6 heteroatoms. The van der Waals surface area contributed by atoms with E-state index in [4.69, 9.17) is 14.2 Å². The van der Waals surface area contributed by atoms with Gasteiger partial charge in [-0.3, -0.25) is 4.79 Å². The number of likely N-dealkylation sites (N-methyl/N-ethyl adjacent to an activating group) is 1. The molecular weight excluding hydrogens is 356 g/mol. The Morgan fingerprint density at radius 2 is 1.86 bits per heavy atom. The van der Waals surface area contributed by atoms with Gasteiger partial charge in [-0.05, 0) is 61.9 Å². The molecule has 0 radical (unpaired) electrons. The van der Waals surface area contributed by atoms with Crippen molar-refractivity contribution in [3.05, 3.63) is 23.3 Å². The summed E-state index contributed by atoms with van der Waals surface area (Å²) >= 11 is 0. The van der Waals surface area contributed by atoms with E-state index in [0.29, 0.717) is 25.6 Å². The highest BCUT2D eigenvalue weighted by Gasteiger charge is 2.43. The van der Waals surface area contributed by atoms with Crippen LogP contribution in [0.4, 0.5) is 0 Å². The smallest absolute Gasteiger partial charge is 0.239 e. The summed E-state index contributed by atoms with van der Waals surface area (Å²) in [5, 5.41) is 3.19. The number of nitrogens with zero attached hydrogens (tertiary/aromatic N) is 1. The molecule has 0 unspecified atom stereocenters. The predicted octanol–water partition coefficient (Wildman–Crippen LogP) is 2.73. The Kier molecular flexibility index (Phi) is 6.50. The standard InChI is InChI=1S/C22H34N2O4/c1-15(2)12-18(23-3)21(25)24-9-7-22(8-10-24)17-14-20(27-5)19(26-4)13-16(17)6-11-28-22/h13-15,18,23H,6-12H2,1-5H3/t18-/m0/s1. The minimum absolute atomic E-state index is 0.113. The van der Waals surface area contributed by atoms with E-state index < -0.39 is 0 Å². The van der Waals surface area contributed by atoms with Gasteiger partial charge in [-0.15, -0.1) is 0 Å². The molecule has 28 heavy (non-hydrogen) atoms. The normalized spacial score (nSPS) is 19.4. The Hall–Kier alpha value is -1.79. The summed E-state index contributed by atoms with van der Waals surface area (Å²) in [6.45, 7) is 6.42. The van der Waals surface area contributed by atoms with Gasteiger partial charge >= 0.3 is 0 Å². The Morgan fingerprint density at radius 3 is 2.43 bits per heavy atom. The number of ether oxygens (including phenoxy) is 3. The van der Waals surface area contributed by atoms with Crippen LogP contribution in [0, 0.1) is 5.92 Å². The van der Waals surface area contributed by atoms with Crippen LogP contribution >= 0.6 is 0 Å². The molecule has 2 heterocycles. The van der Waals surface area contributed by atoms with Gasteiger partial charge in [-0.1, -0.05) is 13.8 Å². The third-order valence-electron chi connectivity index (χ3n) is 6.09. The molecule has 1 N–H and O–H groups in total. The van der Waals surface area contributed by atoms with Crippen LogP contribution in [0.2, 0.25) is 0 Å². The molecule has 1 spiro atoms. The van der Waals surface area contributed by atoms with Gasteiger partial charge in [-0.2, -0.15) is 0 Å². The molecule has 0 aromatic heterocycles. The number of hydrogen-bond donors (Lipinski definition) is 1. The first kappa shape index (κ1) is 20.9. The summed E-state index contributed by atoms with van der Waals surface area (Å²) in [7, 11) is 5.20. The lowest BCUT2D eigenvalue weighted by molar-refractivity contribution is -0.143. The fraction of sp³-hybridized carbons (Fsp3) is 0.682. The van der Waals surface area contributed by atoms with Crippen molar-refractivity contribution in [3.63, 3.8) is 0 Å². The number of methoxy groups -OCH3 is 2. The van der Waals surface area contributed by atoms with Gasteiger partial charge in [0.15, 0.2) is 11.5 Å². The number of piperidine rings is 1. The first-order chi connectivity index (χ1) is 13.4. The van der Waals surface area contributed by atoms with E-state index >= 15 is 0 Å². The highest BCUT2D eigenvalue weighted by molar-refractivity contribution is 5.82.